The van der Waals surface area contributed by atoms with Crippen LogP contribution < -0.4 is 10.6 Å². The molecule has 5 heteroatoms. The maximum Gasteiger partial charge on any atom is 0.317 e. The lowest BCUT2D eigenvalue weighted by atomic mass is 10.1. The van der Waals surface area contributed by atoms with Crippen molar-refractivity contribution in [2.24, 2.45) is 0 Å². The molecule has 0 radical (unpaired) electrons. The van der Waals surface area contributed by atoms with Gasteiger partial charge in [-0.15, -0.1) is 0 Å². The Balaban J connectivity index is 1.73. The lowest BCUT2D eigenvalue weighted by molar-refractivity contribution is 0.174. The first-order valence-electron chi connectivity index (χ1n) is 6.60. The van der Waals surface area contributed by atoms with Crippen molar-refractivity contribution in [3.8, 4) is 0 Å². The standard InChI is InChI=1S/C12H24N4O/c1-13-10-4-7-16(8-5-10)12(17)14-11-3-6-15(2)9-11/h10-11,13H,3-9H2,1-2H3,(H,14,17)/t11-/m1/s1. The van der Waals surface area contributed by atoms with E-state index in [0.29, 0.717) is 12.1 Å². The first kappa shape index (κ1) is 12.6. The Hall–Kier alpha value is -0.810. The van der Waals surface area contributed by atoms with Gasteiger partial charge in [-0.3, -0.25) is 0 Å². The van der Waals surface area contributed by atoms with Gasteiger partial charge in [0.25, 0.3) is 0 Å². The summed E-state index contributed by atoms with van der Waals surface area (Å²) >= 11 is 0. The highest BCUT2D eigenvalue weighted by Crippen LogP contribution is 2.11. The molecular weight excluding hydrogens is 216 g/mol. The Morgan fingerprint density at radius 1 is 1.12 bits per heavy atom. The predicted octanol–water partition coefficient (Wildman–Crippen LogP) is 0.0839. The van der Waals surface area contributed by atoms with Crippen molar-refractivity contribution in [2.75, 3.05) is 40.3 Å². The van der Waals surface area contributed by atoms with Crippen molar-refractivity contribution < 1.29 is 4.79 Å². The molecule has 0 unspecified atom stereocenters. The van der Waals surface area contributed by atoms with Gasteiger partial charge in [-0.2, -0.15) is 0 Å². The van der Waals surface area contributed by atoms with Gasteiger partial charge in [-0.05, 0) is 39.9 Å². The Morgan fingerprint density at radius 3 is 2.29 bits per heavy atom. The van der Waals surface area contributed by atoms with Crippen LogP contribution in [0.3, 0.4) is 0 Å². The van der Waals surface area contributed by atoms with Crippen LogP contribution in [0.15, 0.2) is 0 Å². The van der Waals surface area contributed by atoms with E-state index in [-0.39, 0.29) is 6.03 Å². The van der Waals surface area contributed by atoms with Gasteiger partial charge in [0.1, 0.15) is 0 Å². The molecule has 2 fully saturated rings. The summed E-state index contributed by atoms with van der Waals surface area (Å²) in [4.78, 5) is 16.2. The maximum atomic E-state index is 12.0. The summed E-state index contributed by atoms with van der Waals surface area (Å²) in [5.41, 5.74) is 0. The van der Waals surface area contributed by atoms with Crippen LogP contribution in [-0.4, -0.2) is 68.2 Å². The number of hydrogen-bond acceptors (Lipinski definition) is 3. The van der Waals surface area contributed by atoms with Gasteiger partial charge in [0, 0.05) is 31.7 Å². The number of amides is 2. The zero-order chi connectivity index (χ0) is 12.3. The van der Waals surface area contributed by atoms with E-state index in [1.807, 2.05) is 11.9 Å². The molecule has 17 heavy (non-hydrogen) atoms. The van der Waals surface area contributed by atoms with Crippen molar-refractivity contribution in [3.05, 3.63) is 0 Å². The molecule has 2 rings (SSSR count). The average molecular weight is 240 g/mol. The molecule has 0 saturated carbocycles. The first-order chi connectivity index (χ1) is 8.19. The summed E-state index contributed by atoms with van der Waals surface area (Å²) in [6, 6.07) is 1.05. The number of rotatable bonds is 2. The zero-order valence-corrected chi connectivity index (χ0v) is 10.9. The number of nitrogens with zero attached hydrogens (tertiary/aromatic N) is 2. The highest BCUT2D eigenvalue weighted by atomic mass is 16.2. The lowest BCUT2D eigenvalue weighted by Crippen LogP contribution is -2.50. The lowest BCUT2D eigenvalue weighted by Gasteiger charge is -2.32. The van der Waals surface area contributed by atoms with E-state index in [4.69, 9.17) is 0 Å². The molecule has 1 atom stereocenters. The number of nitrogens with one attached hydrogen (secondary N) is 2. The van der Waals surface area contributed by atoms with Gasteiger partial charge in [0.05, 0.1) is 0 Å². The molecule has 2 N–H and O–H groups in total. The predicted molar refractivity (Wildman–Crippen MR) is 68.1 cm³/mol. The normalized spacial score (nSPS) is 27.4. The fraction of sp³-hybridized carbons (Fsp3) is 0.917. The minimum Gasteiger partial charge on any atom is -0.334 e. The highest BCUT2D eigenvalue weighted by Gasteiger charge is 2.26. The molecule has 98 valence electrons. The van der Waals surface area contributed by atoms with Crippen LogP contribution in [0.5, 0.6) is 0 Å². The molecule has 0 aromatic rings. The van der Waals surface area contributed by atoms with Crippen LogP contribution in [0.1, 0.15) is 19.3 Å². The smallest absolute Gasteiger partial charge is 0.317 e. The number of likely N-dealkylation sites (N-methyl/N-ethyl adjacent to an activating group) is 1. The van der Waals surface area contributed by atoms with E-state index in [2.05, 4.69) is 22.6 Å². The molecule has 2 aliphatic heterocycles. The summed E-state index contributed by atoms with van der Waals surface area (Å²) in [6.45, 7) is 3.82. The third-order valence-electron chi connectivity index (χ3n) is 3.91. The quantitative estimate of drug-likeness (QED) is 0.719. The maximum absolute atomic E-state index is 12.0. The van der Waals surface area contributed by atoms with Crippen molar-refractivity contribution in [1.82, 2.24) is 20.4 Å². The Kier molecular flexibility index (Phi) is 4.23. The number of carbonyl (C=O) groups is 1. The third kappa shape index (κ3) is 3.33. The summed E-state index contributed by atoms with van der Waals surface area (Å²) in [5, 5.41) is 6.41. The van der Waals surface area contributed by atoms with Crippen LogP contribution in [0.4, 0.5) is 4.79 Å². The summed E-state index contributed by atoms with van der Waals surface area (Å²) < 4.78 is 0. The minimum atomic E-state index is 0.125. The fourth-order valence-corrected chi connectivity index (χ4v) is 2.69. The van der Waals surface area contributed by atoms with Crippen LogP contribution in [0.2, 0.25) is 0 Å². The number of piperidine rings is 1. The summed E-state index contributed by atoms with van der Waals surface area (Å²) in [5.74, 6) is 0. The van der Waals surface area contributed by atoms with Crippen LogP contribution in [0.25, 0.3) is 0 Å². The Labute approximate surface area is 104 Å². The Bertz CT molecular complexity index is 263. The van der Waals surface area contributed by atoms with Gasteiger partial charge in [-0.1, -0.05) is 0 Å². The van der Waals surface area contributed by atoms with Crippen molar-refractivity contribution in [1.29, 1.82) is 0 Å². The van der Waals surface area contributed by atoms with Crippen LogP contribution in [0, 0.1) is 0 Å². The van der Waals surface area contributed by atoms with E-state index in [0.717, 1.165) is 45.4 Å². The number of urea groups is 1. The molecule has 0 aromatic carbocycles. The molecule has 2 heterocycles. The molecule has 5 nitrogen and oxygen atoms in total. The molecule has 2 aliphatic rings. The van der Waals surface area contributed by atoms with E-state index in [1.165, 1.54) is 0 Å². The minimum absolute atomic E-state index is 0.125. The van der Waals surface area contributed by atoms with E-state index in [1.54, 1.807) is 0 Å². The molecule has 0 bridgehead atoms. The topological polar surface area (TPSA) is 47.6 Å². The van der Waals surface area contributed by atoms with Crippen molar-refractivity contribution in [3.63, 3.8) is 0 Å². The SMILES string of the molecule is CNC1CCN(C(=O)N[C@@H]2CCN(C)C2)CC1. The molecule has 0 aliphatic carbocycles. The molecule has 0 aromatic heterocycles. The van der Waals surface area contributed by atoms with Gasteiger partial charge < -0.3 is 20.4 Å². The monoisotopic (exact) mass is 240 g/mol. The third-order valence-corrected chi connectivity index (χ3v) is 3.91. The van der Waals surface area contributed by atoms with Gasteiger partial charge >= 0.3 is 6.03 Å². The Morgan fingerprint density at radius 2 is 1.76 bits per heavy atom. The van der Waals surface area contributed by atoms with Gasteiger partial charge in [-0.25, -0.2) is 4.79 Å². The van der Waals surface area contributed by atoms with Crippen LogP contribution >= 0.6 is 0 Å². The molecule has 2 amide bonds. The first-order valence-corrected chi connectivity index (χ1v) is 6.60. The van der Waals surface area contributed by atoms with Crippen LogP contribution in [-0.2, 0) is 0 Å². The molecule has 2 saturated heterocycles. The fourth-order valence-electron chi connectivity index (χ4n) is 2.69. The second kappa shape index (κ2) is 5.69. The molecular formula is C12H24N4O. The largest absolute Gasteiger partial charge is 0.334 e. The number of hydrogen-bond donors (Lipinski definition) is 2. The molecule has 0 spiro atoms. The van der Waals surface area contributed by atoms with E-state index < -0.39 is 0 Å². The second-order valence-electron chi connectivity index (χ2n) is 5.25. The van der Waals surface area contributed by atoms with E-state index in [9.17, 15) is 4.79 Å². The second-order valence-corrected chi connectivity index (χ2v) is 5.25. The van der Waals surface area contributed by atoms with Gasteiger partial charge in [0.15, 0.2) is 0 Å². The van der Waals surface area contributed by atoms with Crippen molar-refractivity contribution >= 4 is 6.03 Å². The number of likely N-dealkylation sites (tertiary alicyclic amines) is 2. The highest BCUT2D eigenvalue weighted by molar-refractivity contribution is 5.74. The summed E-state index contributed by atoms with van der Waals surface area (Å²) in [6.07, 6.45) is 3.21. The zero-order valence-electron chi connectivity index (χ0n) is 10.9. The average Bonchev–Trinajstić information content (AvgIpc) is 2.75. The number of carbonyl (C=O) groups excluding carboxylic acids is 1. The summed E-state index contributed by atoms with van der Waals surface area (Å²) in [7, 11) is 4.10. The van der Waals surface area contributed by atoms with Gasteiger partial charge in [0.2, 0.25) is 0 Å². The van der Waals surface area contributed by atoms with E-state index >= 15 is 0 Å². The van der Waals surface area contributed by atoms with Crippen molar-refractivity contribution in [2.45, 2.75) is 31.3 Å².